The van der Waals surface area contributed by atoms with Crippen LogP contribution >= 0.6 is 23.2 Å². The third-order valence-electron chi connectivity index (χ3n) is 4.25. The summed E-state index contributed by atoms with van der Waals surface area (Å²) in [5.74, 6) is -0.0445. The first-order chi connectivity index (χ1) is 11.1. The maximum atomic E-state index is 12.5. The third-order valence-corrected chi connectivity index (χ3v) is 4.99. The number of piperazine rings is 1. The van der Waals surface area contributed by atoms with Gasteiger partial charge < -0.3 is 14.5 Å². The number of halogens is 2. The number of hydrogen-bond acceptors (Lipinski definition) is 3. The van der Waals surface area contributed by atoms with Gasteiger partial charge in [0.05, 0.1) is 10.0 Å². The molecule has 0 bridgehead atoms. The van der Waals surface area contributed by atoms with Gasteiger partial charge >= 0.3 is 0 Å². The van der Waals surface area contributed by atoms with Crippen LogP contribution in [0.5, 0.6) is 0 Å². The summed E-state index contributed by atoms with van der Waals surface area (Å²) in [5, 5.41) is 0.792. The van der Waals surface area contributed by atoms with Crippen LogP contribution in [0.4, 0.5) is 0 Å². The molecule has 0 unspecified atom stereocenters. The van der Waals surface area contributed by atoms with Crippen molar-refractivity contribution in [3.05, 3.63) is 33.8 Å². The minimum Gasteiger partial charge on any atom is -0.368 e. The van der Waals surface area contributed by atoms with Crippen LogP contribution in [0.3, 0.4) is 0 Å². The number of rotatable bonds is 2. The fourth-order valence-electron chi connectivity index (χ4n) is 2.92. The van der Waals surface area contributed by atoms with E-state index in [1.54, 1.807) is 28.0 Å². The van der Waals surface area contributed by atoms with Gasteiger partial charge in [0.1, 0.15) is 6.10 Å². The molecule has 1 atom stereocenters. The summed E-state index contributed by atoms with van der Waals surface area (Å²) < 4.78 is 5.44. The molecule has 1 aromatic rings. The van der Waals surface area contributed by atoms with Gasteiger partial charge in [0.25, 0.3) is 11.8 Å². The lowest BCUT2D eigenvalue weighted by molar-refractivity contribution is -0.142. The molecule has 0 aliphatic carbocycles. The Morgan fingerprint density at radius 3 is 2.35 bits per heavy atom. The molecule has 2 fully saturated rings. The Morgan fingerprint density at radius 2 is 1.74 bits per heavy atom. The Bertz CT molecular complexity index is 609. The van der Waals surface area contributed by atoms with Crippen LogP contribution in [0.25, 0.3) is 0 Å². The topological polar surface area (TPSA) is 49.9 Å². The molecule has 1 aromatic carbocycles. The van der Waals surface area contributed by atoms with Crippen molar-refractivity contribution in [3.63, 3.8) is 0 Å². The van der Waals surface area contributed by atoms with Crippen LogP contribution in [-0.4, -0.2) is 60.5 Å². The maximum Gasteiger partial charge on any atom is 0.254 e. The molecule has 0 saturated carbocycles. The zero-order valence-corrected chi connectivity index (χ0v) is 14.1. The van der Waals surface area contributed by atoms with Crippen molar-refractivity contribution in [1.82, 2.24) is 9.80 Å². The van der Waals surface area contributed by atoms with E-state index in [-0.39, 0.29) is 17.9 Å². The molecule has 23 heavy (non-hydrogen) atoms. The Hall–Kier alpha value is -1.30. The normalized spacial score (nSPS) is 21.6. The lowest BCUT2D eigenvalue weighted by Gasteiger charge is -2.35. The number of benzene rings is 1. The SMILES string of the molecule is O=C(c1ccc(Cl)c(Cl)c1)N1CCN(C(=O)[C@H]2CCCO2)CC1. The molecule has 0 N–H and O–H groups in total. The predicted octanol–water partition coefficient (Wildman–Crippen LogP) is 2.46. The maximum absolute atomic E-state index is 12.5. The van der Waals surface area contributed by atoms with Crippen molar-refractivity contribution in [2.45, 2.75) is 18.9 Å². The number of amides is 2. The first-order valence-electron chi connectivity index (χ1n) is 7.71. The fourth-order valence-corrected chi connectivity index (χ4v) is 3.22. The quantitative estimate of drug-likeness (QED) is 0.817. The van der Waals surface area contributed by atoms with Crippen LogP contribution in [0.2, 0.25) is 10.0 Å². The molecule has 0 spiro atoms. The molecule has 0 aromatic heterocycles. The Labute approximate surface area is 145 Å². The van der Waals surface area contributed by atoms with Crippen LogP contribution in [0, 0.1) is 0 Å². The zero-order chi connectivity index (χ0) is 16.4. The Morgan fingerprint density at radius 1 is 1.04 bits per heavy atom. The summed E-state index contributed by atoms with van der Waals surface area (Å²) in [6.45, 7) is 2.75. The van der Waals surface area contributed by atoms with E-state index >= 15 is 0 Å². The highest BCUT2D eigenvalue weighted by atomic mass is 35.5. The first kappa shape index (κ1) is 16.6. The number of hydrogen-bond donors (Lipinski definition) is 0. The van der Waals surface area contributed by atoms with E-state index in [0.29, 0.717) is 48.4 Å². The van der Waals surface area contributed by atoms with Gasteiger partial charge in [-0.2, -0.15) is 0 Å². The second-order valence-corrected chi connectivity index (χ2v) is 6.56. The summed E-state index contributed by atoms with van der Waals surface area (Å²) in [7, 11) is 0. The van der Waals surface area contributed by atoms with Crippen LogP contribution in [-0.2, 0) is 9.53 Å². The van der Waals surface area contributed by atoms with E-state index in [0.717, 1.165) is 12.8 Å². The lowest BCUT2D eigenvalue weighted by Crippen LogP contribution is -2.52. The Balaban J connectivity index is 1.58. The lowest BCUT2D eigenvalue weighted by atomic mass is 10.1. The van der Waals surface area contributed by atoms with E-state index in [1.807, 2.05) is 0 Å². The fraction of sp³-hybridized carbons (Fsp3) is 0.500. The van der Waals surface area contributed by atoms with Gasteiger partial charge in [-0.25, -0.2) is 0 Å². The molecule has 7 heteroatoms. The number of nitrogens with zero attached hydrogens (tertiary/aromatic N) is 2. The van der Waals surface area contributed by atoms with Crippen molar-refractivity contribution in [1.29, 1.82) is 0 Å². The average molecular weight is 357 g/mol. The highest BCUT2D eigenvalue weighted by molar-refractivity contribution is 6.42. The monoisotopic (exact) mass is 356 g/mol. The standard InChI is InChI=1S/C16H18Cl2N2O3/c17-12-4-3-11(10-13(12)18)15(21)19-5-7-20(8-6-19)16(22)14-2-1-9-23-14/h3-4,10,14H,1-2,5-9H2/t14-/m1/s1. The van der Waals surface area contributed by atoms with Crippen molar-refractivity contribution < 1.29 is 14.3 Å². The smallest absolute Gasteiger partial charge is 0.254 e. The van der Waals surface area contributed by atoms with Gasteiger partial charge in [0.15, 0.2) is 0 Å². The molecule has 3 rings (SSSR count). The number of carbonyl (C=O) groups is 2. The molecular formula is C16H18Cl2N2O3. The molecule has 0 radical (unpaired) electrons. The van der Waals surface area contributed by atoms with Crippen LogP contribution < -0.4 is 0 Å². The van der Waals surface area contributed by atoms with Gasteiger partial charge in [-0.1, -0.05) is 23.2 Å². The van der Waals surface area contributed by atoms with Crippen LogP contribution in [0.15, 0.2) is 18.2 Å². The molecule has 2 aliphatic heterocycles. The molecule has 2 aliphatic rings. The third kappa shape index (κ3) is 3.62. The van der Waals surface area contributed by atoms with Crippen LogP contribution in [0.1, 0.15) is 23.2 Å². The predicted molar refractivity (Wildman–Crippen MR) is 87.9 cm³/mol. The second-order valence-electron chi connectivity index (χ2n) is 5.75. The summed E-state index contributed by atoms with van der Waals surface area (Å²) in [6.07, 6.45) is 1.43. The minimum atomic E-state index is -0.299. The summed E-state index contributed by atoms with van der Waals surface area (Å²) in [6, 6.07) is 4.87. The summed E-state index contributed by atoms with van der Waals surface area (Å²) >= 11 is 11.8. The summed E-state index contributed by atoms with van der Waals surface area (Å²) in [5.41, 5.74) is 0.512. The highest BCUT2D eigenvalue weighted by Gasteiger charge is 2.31. The number of ether oxygens (including phenoxy) is 1. The van der Waals surface area contributed by atoms with Gasteiger partial charge in [-0.3, -0.25) is 9.59 Å². The van der Waals surface area contributed by atoms with Crippen molar-refractivity contribution in [2.75, 3.05) is 32.8 Å². The Kier molecular flexibility index (Phi) is 5.09. The van der Waals surface area contributed by atoms with Gasteiger partial charge in [-0.05, 0) is 31.0 Å². The molecule has 2 amide bonds. The van der Waals surface area contributed by atoms with E-state index < -0.39 is 0 Å². The van der Waals surface area contributed by atoms with E-state index in [9.17, 15) is 9.59 Å². The van der Waals surface area contributed by atoms with E-state index in [4.69, 9.17) is 27.9 Å². The minimum absolute atomic E-state index is 0.0455. The molecule has 2 saturated heterocycles. The average Bonchev–Trinajstić information content (AvgIpc) is 3.11. The molecular weight excluding hydrogens is 339 g/mol. The largest absolute Gasteiger partial charge is 0.368 e. The van der Waals surface area contributed by atoms with E-state index in [1.165, 1.54) is 0 Å². The molecule has 124 valence electrons. The second kappa shape index (κ2) is 7.07. The van der Waals surface area contributed by atoms with Crippen molar-refractivity contribution >= 4 is 35.0 Å². The zero-order valence-electron chi connectivity index (χ0n) is 12.6. The molecule has 2 heterocycles. The van der Waals surface area contributed by atoms with Gasteiger partial charge in [0.2, 0.25) is 0 Å². The number of carbonyl (C=O) groups excluding carboxylic acids is 2. The summed E-state index contributed by atoms with van der Waals surface area (Å²) in [4.78, 5) is 28.3. The van der Waals surface area contributed by atoms with Gasteiger partial charge in [-0.15, -0.1) is 0 Å². The van der Waals surface area contributed by atoms with Crippen molar-refractivity contribution in [2.24, 2.45) is 0 Å². The first-order valence-corrected chi connectivity index (χ1v) is 8.46. The van der Waals surface area contributed by atoms with Crippen molar-refractivity contribution in [3.8, 4) is 0 Å². The molecule has 5 nitrogen and oxygen atoms in total. The van der Waals surface area contributed by atoms with Gasteiger partial charge in [0, 0.05) is 38.3 Å². The van der Waals surface area contributed by atoms with E-state index in [2.05, 4.69) is 0 Å². The highest BCUT2D eigenvalue weighted by Crippen LogP contribution is 2.23.